The molecular formula is C27H33F4N3O. The number of hydrogen-bond acceptors (Lipinski definition) is 4. The Kier molecular flexibility index (Phi) is 8.02. The van der Waals surface area contributed by atoms with E-state index in [4.69, 9.17) is 4.74 Å². The van der Waals surface area contributed by atoms with Crippen molar-refractivity contribution in [3.05, 3.63) is 64.7 Å². The molecule has 1 heterocycles. The summed E-state index contributed by atoms with van der Waals surface area (Å²) in [5, 5.41) is 6.50. The van der Waals surface area contributed by atoms with E-state index in [1.807, 2.05) is 37.3 Å². The first kappa shape index (κ1) is 25.5. The summed E-state index contributed by atoms with van der Waals surface area (Å²) in [6.07, 6.45) is -2.62. The molecule has 2 aromatic carbocycles. The molecule has 4 nitrogen and oxygen atoms in total. The van der Waals surface area contributed by atoms with Crippen molar-refractivity contribution in [2.24, 2.45) is 0 Å². The van der Waals surface area contributed by atoms with Gasteiger partial charge in [0.1, 0.15) is 5.75 Å². The van der Waals surface area contributed by atoms with Crippen LogP contribution in [0.4, 0.5) is 23.2 Å². The minimum Gasteiger partial charge on any atom is -0.496 e. The summed E-state index contributed by atoms with van der Waals surface area (Å²) < 4.78 is 59.1. The van der Waals surface area contributed by atoms with Gasteiger partial charge in [0, 0.05) is 30.4 Å². The van der Waals surface area contributed by atoms with Gasteiger partial charge in [0.15, 0.2) is 0 Å². The molecule has 0 bridgehead atoms. The molecule has 8 heteroatoms. The molecule has 0 saturated carbocycles. The topological polar surface area (TPSA) is 36.5 Å². The number of halogens is 4. The van der Waals surface area contributed by atoms with Crippen molar-refractivity contribution in [1.29, 1.82) is 0 Å². The Morgan fingerprint density at radius 1 is 1.09 bits per heavy atom. The van der Waals surface area contributed by atoms with E-state index < -0.39 is 18.8 Å². The number of methoxy groups -OCH3 is 1. The van der Waals surface area contributed by atoms with Crippen LogP contribution in [0.3, 0.4) is 0 Å². The van der Waals surface area contributed by atoms with Gasteiger partial charge in [-0.2, -0.15) is 13.2 Å². The minimum absolute atomic E-state index is 0.285. The number of anilines is 1. The predicted molar refractivity (Wildman–Crippen MR) is 132 cm³/mol. The van der Waals surface area contributed by atoms with Gasteiger partial charge in [-0.15, -0.1) is 0 Å². The third-order valence-corrected chi connectivity index (χ3v) is 6.84. The Morgan fingerprint density at radius 3 is 2.63 bits per heavy atom. The summed E-state index contributed by atoms with van der Waals surface area (Å²) in [5.74, 6) is 0.575. The number of rotatable bonds is 10. The van der Waals surface area contributed by atoms with E-state index in [0.29, 0.717) is 44.6 Å². The summed E-state index contributed by atoms with van der Waals surface area (Å²) in [6, 6.07) is 12.9. The van der Waals surface area contributed by atoms with Crippen LogP contribution in [0.5, 0.6) is 5.75 Å². The van der Waals surface area contributed by atoms with E-state index in [2.05, 4.69) is 22.8 Å². The van der Waals surface area contributed by atoms with E-state index in [9.17, 15) is 17.6 Å². The van der Waals surface area contributed by atoms with Crippen molar-refractivity contribution in [3.63, 3.8) is 0 Å². The molecule has 35 heavy (non-hydrogen) atoms. The number of nitrogens with zero attached hydrogens (tertiary/aromatic N) is 1. The van der Waals surface area contributed by atoms with E-state index in [-0.39, 0.29) is 12.7 Å². The molecule has 190 valence electrons. The van der Waals surface area contributed by atoms with Gasteiger partial charge in [0.05, 0.1) is 26.4 Å². The summed E-state index contributed by atoms with van der Waals surface area (Å²) in [5.41, 5.74) is 6.05. The van der Waals surface area contributed by atoms with Crippen LogP contribution in [0, 0.1) is 0 Å². The molecule has 0 fully saturated rings. The van der Waals surface area contributed by atoms with E-state index >= 15 is 0 Å². The summed E-state index contributed by atoms with van der Waals surface area (Å²) in [7, 11) is 1.56. The first-order valence-electron chi connectivity index (χ1n) is 12.1. The van der Waals surface area contributed by atoms with E-state index in [0.717, 1.165) is 33.5 Å². The van der Waals surface area contributed by atoms with Crippen LogP contribution >= 0.6 is 0 Å². The fraction of sp³-hybridized carbons (Fsp3) is 0.481. The molecule has 1 aliphatic heterocycles. The molecule has 0 saturated heterocycles. The predicted octanol–water partition coefficient (Wildman–Crippen LogP) is 5.76. The molecule has 0 amide bonds. The highest BCUT2D eigenvalue weighted by molar-refractivity contribution is 5.79. The minimum atomic E-state index is -4.32. The lowest BCUT2D eigenvalue weighted by Gasteiger charge is -2.43. The van der Waals surface area contributed by atoms with Crippen LogP contribution in [0.25, 0.3) is 5.57 Å². The van der Waals surface area contributed by atoms with Crippen LogP contribution in [0.2, 0.25) is 0 Å². The lowest BCUT2D eigenvalue weighted by molar-refractivity contribution is -0.155. The lowest BCUT2D eigenvalue weighted by atomic mass is 9.84. The van der Waals surface area contributed by atoms with E-state index in [1.54, 1.807) is 12.0 Å². The van der Waals surface area contributed by atoms with Crippen molar-refractivity contribution in [2.45, 2.75) is 44.4 Å². The molecule has 1 aliphatic carbocycles. The molecule has 2 aromatic rings. The van der Waals surface area contributed by atoms with Crippen molar-refractivity contribution in [1.82, 2.24) is 10.2 Å². The third-order valence-electron chi connectivity index (χ3n) is 6.84. The third kappa shape index (κ3) is 5.81. The lowest BCUT2D eigenvalue weighted by Crippen LogP contribution is -2.46. The van der Waals surface area contributed by atoms with Crippen LogP contribution in [-0.2, 0) is 6.42 Å². The first-order chi connectivity index (χ1) is 16.8. The van der Waals surface area contributed by atoms with Crippen LogP contribution in [0.15, 0.2) is 48.0 Å². The molecule has 4 rings (SSSR count). The number of hydrogen-bond donors (Lipinski definition) is 2. The fourth-order valence-electron chi connectivity index (χ4n) is 5.31. The average Bonchev–Trinajstić information content (AvgIpc) is 3.19. The van der Waals surface area contributed by atoms with Gasteiger partial charge >= 0.3 is 6.18 Å². The highest BCUT2D eigenvalue weighted by Gasteiger charge is 2.44. The summed E-state index contributed by atoms with van der Waals surface area (Å²) >= 11 is 0. The standard InChI is InChI=1S/C27H33F4N3O/c1-18-14-22-21-7-4-3-6-19(21)15-23(22)26(34(18)17-27(29,30)31)24-16-20(8-9-25(24)35-2)33-13-12-32-11-5-10-28/h3-4,6-9,16,18,26,32-33H,5,10-15,17H2,1-2H3/t18-,26+/m1/s1. The van der Waals surface area contributed by atoms with Gasteiger partial charge in [-0.3, -0.25) is 9.29 Å². The van der Waals surface area contributed by atoms with Crippen molar-refractivity contribution in [2.75, 3.05) is 45.3 Å². The Bertz CT molecular complexity index is 1050. The maximum absolute atomic E-state index is 13.7. The molecular weight excluding hydrogens is 458 g/mol. The quantitative estimate of drug-likeness (QED) is 0.327. The fourth-order valence-corrected chi connectivity index (χ4v) is 5.31. The smallest absolute Gasteiger partial charge is 0.401 e. The van der Waals surface area contributed by atoms with Gasteiger partial charge < -0.3 is 15.4 Å². The Hall–Kier alpha value is -2.58. The number of alkyl halides is 4. The van der Waals surface area contributed by atoms with Gasteiger partial charge in [0.2, 0.25) is 0 Å². The number of benzene rings is 2. The highest BCUT2D eigenvalue weighted by atomic mass is 19.4. The second kappa shape index (κ2) is 11.0. The van der Waals surface area contributed by atoms with Gasteiger partial charge in [-0.25, -0.2) is 0 Å². The van der Waals surface area contributed by atoms with Crippen molar-refractivity contribution in [3.8, 4) is 5.75 Å². The number of ether oxygens (including phenoxy) is 1. The maximum Gasteiger partial charge on any atom is 0.401 e. The molecule has 0 unspecified atom stereocenters. The van der Waals surface area contributed by atoms with Crippen LogP contribution in [-0.4, -0.2) is 57.1 Å². The largest absolute Gasteiger partial charge is 0.496 e. The zero-order valence-electron chi connectivity index (χ0n) is 20.2. The van der Waals surface area contributed by atoms with Crippen molar-refractivity contribution < 1.29 is 22.3 Å². The second-order valence-corrected chi connectivity index (χ2v) is 9.26. The first-order valence-corrected chi connectivity index (χ1v) is 12.1. The number of fused-ring (bicyclic) bond motifs is 2. The zero-order chi connectivity index (χ0) is 25.0. The molecule has 2 atom stereocenters. The van der Waals surface area contributed by atoms with Crippen LogP contribution < -0.4 is 15.4 Å². The monoisotopic (exact) mass is 491 g/mol. The maximum atomic E-state index is 13.7. The Morgan fingerprint density at radius 2 is 1.89 bits per heavy atom. The Labute approximate surface area is 204 Å². The number of nitrogens with one attached hydrogen (secondary N) is 2. The van der Waals surface area contributed by atoms with Gasteiger partial charge in [-0.1, -0.05) is 24.3 Å². The SMILES string of the molecule is COc1ccc(NCCNCCCF)cc1[C@@H]1C2=C(C[C@@H](C)N1CC(F)(F)F)c1ccccc1C2. The van der Waals surface area contributed by atoms with Gasteiger partial charge in [-0.05, 0) is 73.2 Å². The summed E-state index contributed by atoms with van der Waals surface area (Å²) in [6.45, 7) is 2.43. The molecule has 0 spiro atoms. The zero-order valence-corrected chi connectivity index (χ0v) is 20.2. The Balaban J connectivity index is 1.68. The molecule has 0 aromatic heterocycles. The second-order valence-electron chi connectivity index (χ2n) is 9.26. The van der Waals surface area contributed by atoms with E-state index in [1.165, 1.54) is 0 Å². The van der Waals surface area contributed by atoms with Crippen molar-refractivity contribution >= 4 is 11.3 Å². The molecule has 2 aliphatic rings. The average molecular weight is 492 g/mol. The van der Waals surface area contributed by atoms with Crippen LogP contribution in [0.1, 0.15) is 42.5 Å². The highest BCUT2D eigenvalue weighted by Crippen LogP contribution is 2.51. The molecule has 0 radical (unpaired) electrons. The van der Waals surface area contributed by atoms with Gasteiger partial charge in [0.25, 0.3) is 0 Å². The summed E-state index contributed by atoms with van der Waals surface area (Å²) in [4.78, 5) is 1.57. The normalized spacial score (nSPS) is 20.1. The molecule has 2 N–H and O–H groups in total.